The Labute approximate surface area is 271 Å². The van der Waals surface area contributed by atoms with Crippen LogP contribution in [0.2, 0.25) is 0 Å². The molecule has 0 amide bonds. The number of aliphatic hydroxyl groups excluding tert-OH is 2. The highest BCUT2D eigenvalue weighted by Crippen LogP contribution is 2.52. The molecule has 0 spiro atoms. The van der Waals surface area contributed by atoms with E-state index in [0.717, 1.165) is 11.6 Å². The van der Waals surface area contributed by atoms with Crippen LogP contribution in [0.25, 0.3) is 22.1 Å². The summed E-state index contributed by atoms with van der Waals surface area (Å²) in [5, 5.41) is 48.7. The van der Waals surface area contributed by atoms with Crippen LogP contribution < -0.4 is 26.5 Å². The largest absolute Gasteiger partial charge is 0.508 e. The maximum atomic E-state index is 13.6. The highest BCUT2D eigenvalue weighted by molar-refractivity contribution is 6.01. The number of phenols is 2. The molecule has 0 radical (unpaired) electrons. The van der Waals surface area contributed by atoms with Gasteiger partial charge in [-0.2, -0.15) is 0 Å². The second-order valence-electron chi connectivity index (χ2n) is 11.9. The number of esters is 1. The van der Waals surface area contributed by atoms with Gasteiger partial charge >= 0.3 is 5.97 Å². The average Bonchev–Trinajstić information content (AvgIpc) is 3.05. The normalized spacial score (nSPS) is 21.4. The highest BCUT2D eigenvalue weighted by atomic mass is 16.6. The van der Waals surface area contributed by atoms with Gasteiger partial charge in [-0.1, -0.05) is 24.3 Å². The molecular weight excluding hydrogens is 606 g/mol. The molecule has 0 fully saturated rings. The van der Waals surface area contributed by atoms with Gasteiger partial charge in [0.25, 0.3) is 0 Å². The van der Waals surface area contributed by atoms with Crippen molar-refractivity contribution < 1.29 is 39.1 Å². The summed E-state index contributed by atoms with van der Waals surface area (Å²) in [5.41, 5.74) is 5.98. The fraction of sp³-hybridized carbons (Fsp3) is 0.371. The number of nitrogens with one attached hydrogen (secondary N) is 2. The Morgan fingerprint density at radius 2 is 2.06 bits per heavy atom. The van der Waals surface area contributed by atoms with E-state index in [0.29, 0.717) is 30.5 Å². The summed E-state index contributed by atoms with van der Waals surface area (Å²) in [4.78, 5) is 26.9. The quantitative estimate of drug-likeness (QED) is 0.119. The molecule has 8 N–H and O–H groups in total. The predicted molar refractivity (Wildman–Crippen MR) is 176 cm³/mol. The standard InChI is InChI=1S/C35H41N3O9/c1-4-20(10-11-37-3)34(44)46-27-15-25-31(43)30-26(42)14-24(18-40)45-33(30)29(21-6-5-7-23(41)13-21)32(25)47-35(27,2)22(17-39)12-19-8-9-28(36)38-16-19/h4-9,13-14,16,22,27-28,37-41,43H,10-12,15,17-18,36H2,1-3H3. The Kier molecular flexibility index (Phi) is 10.1. The molecule has 250 valence electrons. The van der Waals surface area contributed by atoms with Gasteiger partial charge < -0.3 is 50.7 Å². The molecule has 12 heteroatoms. The average molecular weight is 648 g/mol. The number of carbonyl (C=O) groups is 1. The molecule has 2 aliphatic heterocycles. The van der Waals surface area contributed by atoms with E-state index in [9.17, 15) is 30.0 Å². The number of aliphatic hydroxyl groups is 2. The van der Waals surface area contributed by atoms with E-state index >= 15 is 0 Å². The zero-order valence-corrected chi connectivity index (χ0v) is 26.6. The van der Waals surface area contributed by atoms with Crippen LogP contribution in [-0.2, 0) is 22.6 Å². The van der Waals surface area contributed by atoms with Crippen LogP contribution >= 0.6 is 0 Å². The summed E-state index contributed by atoms with van der Waals surface area (Å²) in [6.07, 6.45) is 6.31. The van der Waals surface area contributed by atoms with Gasteiger partial charge in [0, 0.05) is 35.7 Å². The second-order valence-corrected chi connectivity index (χ2v) is 11.9. The van der Waals surface area contributed by atoms with Crippen molar-refractivity contribution in [2.75, 3.05) is 20.2 Å². The number of carbonyl (C=O) groups excluding carboxylic acids is 1. The fourth-order valence-electron chi connectivity index (χ4n) is 6.16. The monoisotopic (exact) mass is 647 g/mol. The lowest BCUT2D eigenvalue weighted by atomic mass is 9.75. The SMILES string of the molecule is CC=C(CCNC)C(=O)OC1Cc2c(c(-c3cccc(O)c3)c3oc(CO)cc(=O)c3c2O)OC1(C)C(CO)CC1=CNC(N)C=C1. The molecule has 5 rings (SSSR count). The van der Waals surface area contributed by atoms with E-state index in [1.165, 1.54) is 12.1 Å². The molecule has 2 aromatic carbocycles. The molecular formula is C35H41N3O9. The Morgan fingerprint density at radius 1 is 1.28 bits per heavy atom. The molecule has 3 aromatic rings. The van der Waals surface area contributed by atoms with Gasteiger partial charge in [-0.25, -0.2) is 4.79 Å². The first-order valence-electron chi connectivity index (χ1n) is 15.5. The lowest BCUT2D eigenvalue weighted by molar-refractivity contribution is -0.166. The first-order chi connectivity index (χ1) is 22.5. The van der Waals surface area contributed by atoms with E-state index in [1.807, 2.05) is 6.08 Å². The first-order valence-corrected chi connectivity index (χ1v) is 15.5. The van der Waals surface area contributed by atoms with Gasteiger partial charge in [0.2, 0.25) is 0 Å². The molecule has 3 heterocycles. The van der Waals surface area contributed by atoms with Crippen LogP contribution in [0.3, 0.4) is 0 Å². The molecule has 0 aliphatic carbocycles. The number of nitrogens with two attached hydrogens (primary N) is 1. The van der Waals surface area contributed by atoms with Crippen LogP contribution in [0.5, 0.6) is 17.2 Å². The number of rotatable bonds is 11. The third-order valence-corrected chi connectivity index (χ3v) is 8.89. The molecule has 0 bridgehead atoms. The number of allylic oxidation sites excluding steroid dienone is 3. The molecule has 1 aromatic heterocycles. The third-order valence-electron chi connectivity index (χ3n) is 8.89. The van der Waals surface area contributed by atoms with Crippen molar-refractivity contribution in [3.8, 4) is 28.4 Å². The zero-order chi connectivity index (χ0) is 33.9. The summed E-state index contributed by atoms with van der Waals surface area (Å²) in [6, 6.07) is 7.32. The summed E-state index contributed by atoms with van der Waals surface area (Å²) < 4.78 is 19.0. The van der Waals surface area contributed by atoms with Crippen molar-refractivity contribution in [2.45, 2.75) is 57.6 Å². The van der Waals surface area contributed by atoms with Gasteiger partial charge in [-0.15, -0.1) is 0 Å². The molecule has 4 atom stereocenters. The molecule has 0 saturated heterocycles. The van der Waals surface area contributed by atoms with Crippen LogP contribution in [0.15, 0.2) is 75.1 Å². The van der Waals surface area contributed by atoms with Gasteiger partial charge in [-0.3, -0.25) is 4.79 Å². The van der Waals surface area contributed by atoms with Crippen molar-refractivity contribution in [1.29, 1.82) is 0 Å². The number of aromatic hydroxyl groups is 2. The van der Waals surface area contributed by atoms with Crippen LogP contribution in [-0.4, -0.2) is 64.5 Å². The minimum atomic E-state index is -1.39. The highest BCUT2D eigenvalue weighted by Gasteiger charge is 2.51. The number of fused-ring (bicyclic) bond motifs is 2. The molecule has 0 saturated carbocycles. The summed E-state index contributed by atoms with van der Waals surface area (Å²) >= 11 is 0. The summed E-state index contributed by atoms with van der Waals surface area (Å²) in [6.45, 7) is 3.08. The van der Waals surface area contributed by atoms with Crippen LogP contribution in [0.4, 0.5) is 0 Å². The Hall–Kier alpha value is -4.62. The third kappa shape index (κ3) is 6.63. The lowest BCUT2D eigenvalue weighted by Crippen LogP contribution is -2.57. The zero-order valence-electron chi connectivity index (χ0n) is 26.6. The van der Waals surface area contributed by atoms with Crippen molar-refractivity contribution >= 4 is 16.9 Å². The number of hydrogen-bond acceptors (Lipinski definition) is 12. The van der Waals surface area contributed by atoms with Crippen molar-refractivity contribution in [3.05, 3.63) is 87.5 Å². The smallest absolute Gasteiger partial charge is 0.334 e. The lowest BCUT2D eigenvalue weighted by Gasteiger charge is -2.46. The topological polar surface area (TPSA) is 197 Å². The number of hydrogen-bond donors (Lipinski definition) is 7. The van der Waals surface area contributed by atoms with E-state index < -0.39 is 41.4 Å². The second kappa shape index (κ2) is 14.0. The van der Waals surface area contributed by atoms with Crippen molar-refractivity contribution in [1.82, 2.24) is 10.6 Å². The number of phenolic OH excluding ortho intramolecular Hbond substituents is 2. The van der Waals surface area contributed by atoms with E-state index in [4.69, 9.17) is 19.6 Å². The van der Waals surface area contributed by atoms with E-state index in [-0.39, 0.29) is 58.5 Å². The van der Waals surface area contributed by atoms with E-state index in [2.05, 4.69) is 10.6 Å². The molecule has 4 unspecified atom stereocenters. The number of benzene rings is 2. The molecule has 2 aliphatic rings. The Morgan fingerprint density at radius 3 is 2.70 bits per heavy atom. The van der Waals surface area contributed by atoms with Gasteiger partial charge in [-0.05, 0) is 69.6 Å². The van der Waals surface area contributed by atoms with Gasteiger partial charge in [0.15, 0.2) is 11.0 Å². The molecule has 12 nitrogen and oxygen atoms in total. The maximum Gasteiger partial charge on any atom is 0.334 e. The number of dihydropyridines is 1. The van der Waals surface area contributed by atoms with Gasteiger partial charge in [0.05, 0.1) is 18.3 Å². The Bertz CT molecular complexity index is 1810. The van der Waals surface area contributed by atoms with E-state index in [1.54, 1.807) is 51.4 Å². The van der Waals surface area contributed by atoms with Crippen molar-refractivity contribution in [2.24, 2.45) is 11.7 Å². The number of ether oxygens (including phenoxy) is 2. The summed E-state index contributed by atoms with van der Waals surface area (Å²) in [7, 11) is 1.78. The maximum absolute atomic E-state index is 13.6. The molecule has 47 heavy (non-hydrogen) atoms. The van der Waals surface area contributed by atoms with Gasteiger partial charge in [0.1, 0.15) is 46.7 Å². The van der Waals surface area contributed by atoms with Crippen LogP contribution in [0.1, 0.15) is 38.0 Å². The predicted octanol–water partition coefficient (Wildman–Crippen LogP) is 2.85. The summed E-state index contributed by atoms with van der Waals surface area (Å²) in [5.74, 6) is -1.63. The van der Waals surface area contributed by atoms with Crippen LogP contribution in [0, 0.1) is 5.92 Å². The van der Waals surface area contributed by atoms with Crippen molar-refractivity contribution in [3.63, 3.8) is 0 Å². The minimum Gasteiger partial charge on any atom is -0.508 e. The first kappa shape index (κ1) is 33.7. The Balaban J connectivity index is 1.73. The minimum absolute atomic E-state index is 0.0379. The fourth-order valence-corrected chi connectivity index (χ4v) is 6.16.